The minimum atomic E-state index is -1.03. The minimum Gasteiger partial charge on any atom is -0.484 e. The normalized spacial score (nSPS) is 20.2. The molecule has 2 aromatic carbocycles. The van der Waals surface area contributed by atoms with Gasteiger partial charge >= 0.3 is 0 Å². The number of piperazine rings is 1. The van der Waals surface area contributed by atoms with E-state index < -0.39 is 11.6 Å². The number of aryl methyl sites for hydroxylation is 1. The molecule has 6 rings (SSSR count). The van der Waals surface area contributed by atoms with Gasteiger partial charge in [-0.1, -0.05) is 12.1 Å². The van der Waals surface area contributed by atoms with Gasteiger partial charge < -0.3 is 20.3 Å². The van der Waals surface area contributed by atoms with Crippen LogP contribution in [0.4, 0.5) is 21.7 Å². The third kappa shape index (κ3) is 4.38. The van der Waals surface area contributed by atoms with Gasteiger partial charge in [-0.25, -0.2) is 9.37 Å². The van der Waals surface area contributed by atoms with Crippen molar-refractivity contribution in [2.24, 2.45) is 0 Å². The quantitative estimate of drug-likeness (QED) is 0.392. The summed E-state index contributed by atoms with van der Waals surface area (Å²) in [6.07, 6.45) is 1.59. The first kappa shape index (κ1) is 25.9. The highest BCUT2D eigenvalue weighted by molar-refractivity contribution is 6.03. The fraction of sp³-hybridized carbons (Fsp3) is 0.333. The van der Waals surface area contributed by atoms with Crippen molar-refractivity contribution >= 4 is 34.1 Å². The lowest BCUT2D eigenvalue weighted by atomic mass is 9.87. The maximum absolute atomic E-state index is 15.2. The van der Waals surface area contributed by atoms with Gasteiger partial charge in [0.05, 0.1) is 11.3 Å². The monoisotopic (exact) mass is 542 g/mol. The highest BCUT2D eigenvalue weighted by atomic mass is 19.1. The number of halogens is 1. The van der Waals surface area contributed by atoms with E-state index in [-0.39, 0.29) is 34.8 Å². The van der Waals surface area contributed by atoms with E-state index in [1.54, 1.807) is 63.4 Å². The number of ether oxygens (including phenoxy) is 1. The van der Waals surface area contributed by atoms with Gasteiger partial charge in [0, 0.05) is 48.5 Å². The largest absolute Gasteiger partial charge is 0.484 e. The Morgan fingerprint density at radius 3 is 2.73 bits per heavy atom. The van der Waals surface area contributed by atoms with Crippen LogP contribution in [0.15, 0.2) is 59.5 Å². The second-order valence-electron chi connectivity index (χ2n) is 11.0. The van der Waals surface area contributed by atoms with Crippen LogP contribution < -0.4 is 25.8 Å². The zero-order valence-corrected chi connectivity index (χ0v) is 22.9. The number of benzene rings is 2. The SMILES string of the molecule is Cc1cc2cnc(Nc3ccc(N4CCNCC4C)c(F)c3)nc2n(C2C(=O)c3ccccc3OC2(C)C)c1=O. The Hall–Kier alpha value is -4.31. The molecule has 2 N–H and O–H groups in total. The summed E-state index contributed by atoms with van der Waals surface area (Å²) < 4.78 is 22.8. The Balaban J connectivity index is 1.40. The van der Waals surface area contributed by atoms with Crippen molar-refractivity contribution in [1.82, 2.24) is 19.9 Å². The summed E-state index contributed by atoms with van der Waals surface area (Å²) in [5, 5.41) is 6.98. The lowest BCUT2D eigenvalue weighted by molar-refractivity contribution is 0.0304. The van der Waals surface area contributed by atoms with Gasteiger partial charge in [0.25, 0.3) is 5.56 Å². The van der Waals surface area contributed by atoms with E-state index >= 15 is 4.39 Å². The molecule has 2 unspecified atom stereocenters. The number of fused-ring (bicyclic) bond motifs is 2. The van der Waals surface area contributed by atoms with Gasteiger partial charge in [-0.05, 0) is 64.1 Å². The molecule has 4 aromatic rings. The predicted molar refractivity (Wildman–Crippen MR) is 152 cm³/mol. The van der Waals surface area contributed by atoms with Crippen molar-refractivity contribution in [2.45, 2.75) is 45.4 Å². The van der Waals surface area contributed by atoms with Crippen molar-refractivity contribution in [3.05, 3.63) is 82.0 Å². The van der Waals surface area contributed by atoms with E-state index in [2.05, 4.69) is 27.5 Å². The van der Waals surface area contributed by atoms with E-state index in [4.69, 9.17) is 4.74 Å². The molecule has 0 aliphatic carbocycles. The van der Waals surface area contributed by atoms with Crippen LogP contribution >= 0.6 is 0 Å². The van der Waals surface area contributed by atoms with Gasteiger partial charge in [-0.3, -0.25) is 14.2 Å². The molecule has 2 aromatic heterocycles. The summed E-state index contributed by atoms with van der Waals surface area (Å²) in [5.74, 6) is 0.0808. The third-order valence-electron chi connectivity index (χ3n) is 7.66. The Kier molecular flexibility index (Phi) is 6.29. The summed E-state index contributed by atoms with van der Waals surface area (Å²) in [7, 11) is 0. The second kappa shape index (κ2) is 9.71. The zero-order chi connectivity index (χ0) is 28.2. The zero-order valence-electron chi connectivity index (χ0n) is 22.9. The average Bonchev–Trinajstić information content (AvgIpc) is 2.91. The van der Waals surface area contributed by atoms with E-state index in [1.807, 2.05) is 11.0 Å². The number of Topliss-reactive ketones (excluding diaryl/α,β-unsaturated/α-hetero) is 1. The van der Waals surface area contributed by atoms with Crippen LogP contribution in [0.5, 0.6) is 5.75 Å². The predicted octanol–water partition coefficient (Wildman–Crippen LogP) is 4.38. The number of anilines is 3. The van der Waals surface area contributed by atoms with Crippen LogP contribution in [0.3, 0.4) is 0 Å². The topological polar surface area (TPSA) is 101 Å². The Morgan fingerprint density at radius 1 is 1.15 bits per heavy atom. The number of para-hydroxylation sites is 1. The van der Waals surface area contributed by atoms with Crippen molar-refractivity contribution < 1.29 is 13.9 Å². The smallest absolute Gasteiger partial charge is 0.255 e. The molecule has 1 saturated heterocycles. The molecule has 10 heteroatoms. The molecule has 4 heterocycles. The first-order valence-electron chi connectivity index (χ1n) is 13.4. The van der Waals surface area contributed by atoms with E-state index in [1.165, 1.54) is 10.6 Å². The van der Waals surface area contributed by atoms with E-state index in [9.17, 15) is 9.59 Å². The lowest BCUT2D eigenvalue weighted by Crippen LogP contribution is -2.50. The van der Waals surface area contributed by atoms with Crippen molar-refractivity contribution in [1.29, 1.82) is 0 Å². The molecule has 9 nitrogen and oxygen atoms in total. The number of hydrogen-bond acceptors (Lipinski definition) is 8. The first-order chi connectivity index (χ1) is 19.1. The number of carbonyl (C=O) groups is 1. The standard InChI is InChI=1S/C30H31FN6O3/c1-17-13-19-16-33-29(34-20-9-10-23(22(31)14-20)36-12-11-32-15-18(36)2)35-27(19)37(28(17)39)26-25(38)21-7-5-6-8-24(21)40-30(26,3)4/h5-10,13-14,16,18,26,32H,11-12,15H2,1-4H3,(H,33,34,35). The molecule has 0 saturated carbocycles. The molecule has 2 atom stereocenters. The molecular weight excluding hydrogens is 511 g/mol. The molecule has 0 radical (unpaired) electrons. The Morgan fingerprint density at radius 2 is 1.95 bits per heavy atom. The fourth-order valence-electron chi connectivity index (χ4n) is 5.69. The number of nitrogens with one attached hydrogen (secondary N) is 2. The summed E-state index contributed by atoms with van der Waals surface area (Å²) >= 11 is 0. The van der Waals surface area contributed by atoms with E-state index in [0.29, 0.717) is 33.6 Å². The maximum Gasteiger partial charge on any atom is 0.255 e. The van der Waals surface area contributed by atoms with Crippen LogP contribution in [0, 0.1) is 12.7 Å². The molecule has 40 heavy (non-hydrogen) atoms. The summed E-state index contributed by atoms with van der Waals surface area (Å²) in [6, 6.07) is 12.9. The molecule has 0 bridgehead atoms. The number of hydrogen-bond donors (Lipinski definition) is 2. The number of ketones is 1. The molecule has 2 aliphatic heterocycles. The van der Waals surface area contributed by atoms with Gasteiger partial charge in [-0.2, -0.15) is 4.98 Å². The van der Waals surface area contributed by atoms with Gasteiger partial charge in [0.1, 0.15) is 28.9 Å². The first-order valence-corrected chi connectivity index (χ1v) is 13.4. The summed E-state index contributed by atoms with van der Waals surface area (Å²) in [5.41, 5.74) is 0.794. The molecule has 0 spiro atoms. The van der Waals surface area contributed by atoms with Crippen LogP contribution in [0.1, 0.15) is 42.7 Å². The van der Waals surface area contributed by atoms with Crippen LogP contribution in [-0.4, -0.2) is 51.6 Å². The average molecular weight is 543 g/mol. The molecule has 0 amide bonds. The van der Waals surface area contributed by atoms with Gasteiger partial charge in [-0.15, -0.1) is 0 Å². The molecule has 2 aliphatic rings. The van der Waals surface area contributed by atoms with Crippen LogP contribution in [-0.2, 0) is 0 Å². The number of nitrogens with zero attached hydrogens (tertiary/aromatic N) is 4. The second-order valence-corrected chi connectivity index (χ2v) is 11.0. The summed E-state index contributed by atoms with van der Waals surface area (Å²) in [4.78, 5) is 38.5. The molecule has 1 fully saturated rings. The minimum absolute atomic E-state index is 0.175. The fourth-order valence-corrected chi connectivity index (χ4v) is 5.69. The van der Waals surface area contributed by atoms with Crippen molar-refractivity contribution in [3.63, 3.8) is 0 Å². The van der Waals surface area contributed by atoms with E-state index in [0.717, 1.165) is 19.6 Å². The van der Waals surface area contributed by atoms with Gasteiger partial charge in [0.2, 0.25) is 5.95 Å². The molecular formula is C30H31FN6O3. The molecule has 206 valence electrons. The number of carbonyl (C=O) groups excluding carboxylic acids is 1. The number of aromatic nitrogens is 3. The highest BCUT2D eigenvalue weighted by Crippen LogP contribution is 2.40. The Bertz CT molecular complexity index is 1700. The third-order valence-corrected chi connectivity index (χ3v) is 7.66. The van der Waals surface area contributed by atoms with Crippen molar-refractivity contribution in [3.8, 4) is 5.75 Å². The van der Waals surface area contributed by atoms with Crippen LogP contribution in [0.2, 0.25) is 0 Å². The highest BCUT2D eigenvalue weighted by Gasteiger charge is 2.45. The lowest BCUT2D eigenvalue weighted by Gasteiger charge is -2.39. The number of rotatable bonds is 4. The maximum atomic E-state index is 15.2. The Labute approximate surface area is 231 Å². The number of pyridine rings is 1. The van der Waals surface area contributed by atoms with Gasteiger partial charge in [0.15, 0.2) is 5.78 Å². The van der Waals surface area contributed by atoms with Crippen molar-refractivity contribution in [2.75, 3.05) is 29.9 Å². The van der Waals surface area contributed by atoms with Crippen LogP contribution in [0.25, 0.3) is 11.0 Å². The summed E-state index contributed by atoms with van der Waals surface area (Å²) in [6.45, 7) is 9.65.